The van der Waals surface area contributed by atoms with Gasteiger partial charge in [-0.15, -0.1) is 0 Å². The SMILES string of the molecule is CCCCCCCCNc1ccc(F)cc1. The minimum absolute atomic E-state index is 0.176. The summed E-state index contributed by atoms with van der Waals surface area (Å²) in [5.41, 5.74) is 1.01. The van der Waals surface area contributed by atoms with Crippen molar-refractivity contribution in [2.75, 3.05) is 11.9 Å². The number of hydrogen-bond donors (Lipinski definition) is 1. The molecule has 2 heteroatoms. The van der Waals surface area contributed by atoms with E-state index in [1.807, 2.05) is 0 Å². The molecule has 0 radical (unpaired) electrons. The van der Waals surface area contributed by atoms with Crippen LogP contribution < -0.4 is 5.32 Å². The fourth-order valence-electron chi connectivity index (χ4n) is 1.71. The Bertz CT molecular complexity index is 269. The van der Waals surface area contributed by atoms with Crippen LogP contribution in [0.4, 0.5) is 10.1 Å². The minimum Gasteiger partial charge on any atom is -0.385 e. The van der Waals surface area contributed by atoms with Gasteiger partial charge in [-0.05, 0) is 30.7 Å². The normalized spacial score (nSPS) is 10.4. The second-order valence-electron chi connectivity index (χ2n) is 4.20. The third-order valence-electron chi connectivity index (χ3n) is 2.70. The molecule has 1 rings (SSSR count). The van der Waals surface area contributed by atoms with Crippen LogP contribution in [0.5, 0.6) is 0 Å². The van der Waals surface area contributed by atoms with E-state index in [4.69, 9.17) is 0 Å². The van der Waals surface area contributed by atoms with Crippen LogP contribution in [0.3, 0.4) is 0 Å². The van der Waals surface area contributed by atoms with Crippen LogP contribution in [0.15, 0.2) is 24.3 Å². The fraction of sp³-hybridized carbons (Fsp3) is 0.571. The molecule has 90 valence electrons. The third-order valence-corrected chi connectivity index (χ3v) is 2.70. The Morgan fingerprint density at radius 3 is 2.25 bits per heavy atom. The first-order chi connectivity index (χ1) is 7.83. The van der Waals surface area contributed by atoms with Gasteiger partial charge in [0.1, 0.15) is 5.82 Å². The van der Waals surface area contributed by atoms with Crippen molar-refractivity contribution in [1.29, 1.82) is 0 Å². The Balaban J connectivity index is 2.01. The predicted octanol–water partition coefficient (Wildman–Crippen LogP) is 4.60. The van der Waals surface area contributed by atoms with E-state index in [9.17, 15) is 4.39 Å². The van der Waals surface area contributed by atoms with Crippen molar-refractivity contribution < 1.29 is 4.39 Å². The molecule has 1 aromatic rings. The quantitative estimate of drug-likeness (QED) is 0.635. The number of hydrogen-bond acceptors (Lipinski definition) is 1. The molecule has 0 amide bonds. The highest BCUT2D eigenvalue weighted by molar-refractivity contribution is 5.42. The summed E-state index contributed by atoms with van der Waals surface area (Å²) in [5, 5.41) is 3.30. The zero-order valence-electron chi connectivity index (χ0n) is 10.1. The molecule has 0 saturated carbocycles. The topological polar surface area (TPSA) is 12.0 Å². The van der Waals surface area contributed by atoms with Crippen molar-refractivity contribution >= 4 is 5.69 Å². The zero-order valence-corrected chi connectivity index (χ0v) is 10.1. The van der Waals surface area contributed by atoms with Gasteiger partial charge in [-0.3, -0.25) is 0 Å². The van der Waals surface area contributed by atoms with Crippen molar-refractivity contribution in [2.24, 2.45) is 0 Å². The second-order valence-corrected chi connectivity index (χ2v) is 4.20. The maximum atomic E-state index is 12.6. The van der Waals surface area contributed by atoms with Crippen LogP contribution in [-0.2, 0) is 0 Å². The van der Waals surface area contributed by atoms with Gasteiger partial charge in [-0.2, -0.15) is 0 Å². The van der Waals surface area contributed by atoms with Crippen molar-refractivity contribution in [3.63, 3.8) is 0 Å². The molecule has 0 unspecified atom stereocenters. The van der Waals surface area contributed by atoms with Crippen molar-refractivity contribution in [2.45, 2.75) is 45.4 Å². The monoisotopic (exact) mass is 223 g/mol. The van der Waals surface area contributed by atoms with E-state index in [-0.39, 0.29) is 5.82 Å². The number of anilines is 1. The molecular formula is C14H22FN. The van der Waals surface area contributed by atoms with E-state index >= 15 is 0 Å². The molecule has 0 atom stereocenters. The molecule has 0 spiro atoms. The van der Waals surface area contributed by atoms with Crippen molar-refractivity contribution in [3.8, 4) is 0 Å². The van der Waals surface area contributed by atoms with E-state index in [2.05, 4.69) is 12.2 Å². The molecule has 0 saturated heterocycles. The van der Waals surface area contributed by atoms with Crippen LogP contribution in [0.2, 0.25) is 0 Å². The highest BCUT2D eigenvalue weighted by atomic mass is 19.1. The van der Waals surface area contributed by atoms with E-state index < -0.39 is 0 Å². The summed E-state index contributed by atoms with van der Waals surface area (Å²) in [7, 11) is 0. The van der Waals surface area contributed by atoms with Gasteiger partial charge in [0.05, 0.1) is 0 Å². The Kier molecular flexibility index (Phi) is 6.62. The lowest BCUT2D eigenvalue weighted by molar-refractivity contribution is 0.616. The lowest BCUT2D eigenvalue weighted by atomic mass is 10.1. The number of benzene rings is 1. The van der Waals surface area contributed by atoms with Crippen LogP contribution in [0.1, 0.15) is 45.4 Å². The Morgan fingerprint density at radius 1 is 0.938 bits per heavy atom. The van der Waals surface area contributed by atoms with Crippen LogP contribution in [-0.4, -0.2) is 6.54 Å². The number of nitrogens with one attached hydrogen (secondary N) is 1. The zero-order chi connectivity index (χ0) is 11.6. The number of halogens is 1. The lowest BCUT2D eigenvalue weighted by Crippen LogP contribution is -2.01. The molecule has 0 aliphatic heterocycles. The van der Waals surface area contributed by atoms with Gasteiger partial charge in [0.15, 0.2) is 0 Å². The lowest BCUT2D eigenvalue weighted by Gasteiger charge is -2.05. The van der Waals surface area contributed by atoms with Gasteiger partial charge in [0.25, 0.3) is 0 Å². The van der Waals surface area contributed by atoms with Crippen LogP contribution >= 0.6 is 0 Å². The molecule has 16 heavy (non-hydrogen) atoms. The summed E-state index contributed by atoms with van der Waals surface area (Å²) in [6.45, 7) is 3.22. The minimum atomic E-state index is -0.176. The predicted molar refractivity (Wildman–Crippen MR) is 68.3 cm³/mol. The molecule has 0 aromatic heterocycles. The average molecular weight is 223 g/mol. The molecule has 0 bridgehead atoms. The van der Waals surface area contributed by atoms with E-state index in [0.717, 1.165) is 12.2 Å². The molecule has 1 nitrogen and oxygen atoms in total. The van der Waals surface area contributed by atoms with Gasteiger partial charge < -0.3 is 5.32 Å². The fourth-order valence-corrected chi connectivity index (χ4v) is 1.71. The van der Waals surface area contributed by atoms with E-state index in [0.29, 0.717) is 0 Å². The highest BCUT2D eigenvalue weighted by Gasteiger charge is 1.93. The maximum Gasteiger partial charge on any atom is 0.123 e. The Hall–Kier alpha value is -1.05. The molecule has 1 aromatic carbocycles. The van der Waals surface area contributed by atoms with Crippen molar-refractivity contribution in [3.05, 3.63) is 30.1 Å². The molecule has 0 fully saturated rings. The van der Waals surface area contributed by atoms with Gasteiger partial charge in [-0.25, -0.2) is 4.39 Å². The van der Waals surface area contributed by atoms with Gasteiger partial charge in [0, 0.05) is 12.2 Å². The highest BCUT2D eigenvalue weighted by Crippen LogP contribution is 2.09. The summed E-state index contributed by atoms with van der Waals surface area (Å²) >= 11 is 0. The Labute approximate surface area is 98.1 Å². The smallest absolute Gasteiger partial charge is 0.123 e. The first kappa shape index (κ1) is 13.0. The first-order valence-corrected chi connectivity index (χ1v) is 6.32. The van der Waals surface area contributed by atoms with Gasteiger partial charge >= 0.3 is 0 Å². The summed E-state index contributed by atoms with van der Waals surface area (Å²) in [5.74, 6) is -0.176. The molecular weight excluding hydrogens is 201 g/mol. The molecule has 0 aliphatic rings. The third kappa shape index (κ3) is 5.74. The van der Waals surface area contributed by atoms with Crippen LogP contribution in [0.25, 0.3) is 0 Å². The molecule has 0 aliphatic carbocycles. The van der Waals surface area contributed by atoms with Crippen LogP contribution in [0, 0.1) is 5.82 Å². The Morgan fingerprint density at radius 2 is 1.56 bits per heavy atom. The summed E-state index contributed by atoms with van der Waals surface area (Å²) in [6, 6.07) is 6.55. The summed E-state index contributed by atoms with van der Waals surface area (Å²) < 4.78 is 12.6. The van der Waals surface area contributed by atoms with Gasteiger partial charge in [-0.1, -0.05) is 39.0 Å². The maximum absolute atomic E-state index is 12.6. The molecule has 1 N–H and O–H groups in total. The van der Waals surface area contributed by atoms with E-state index in [1.54, 1.807) is 12.1 Å². The van der Waals surface area contributed by atoms with Crippen molar-refractivity contribution in [1.82, 2.24) is 0 Å². The average Bonchev–Trinajstić information content (AvgIpc) is 2.30. The number of unbranched alkanes of at least 4 members (excludes halogenated alkanes) is 5. The second kappa shape index (κ2) is 8.14. The summed E-state index contributed by atoms with van der Waals surface area (Å²) in [4.78, 5) is 0. The van der Waals surface area contributed by atoms with Gasteiger partial charge in [0.2, 0.25) is 0 Å². The van der Waals surface area contributed by atoms with E-state index in [1.165, 1.54) is 50.7 Å². The number of rotatable bonds is 8. The first-order valence-electron chi connectivity index (χ1n) is 6.32. The summed E-state index contributed by atoms with van der Waals surface area (Å²) in [6.07, 6.45) is 7.82. The standard InChI is InChI=1S/C14H22FN/c1-2-3-4-5-6-7-12-16-14-10-8-13(15)9-11-14/h8-11,16H,2-7,12H2,1H3. The molecule has 0 heterocycles. The largest absolute Gasteiger partial charge is 0.385 e.